The predicted octanol–water partition coefficient (Wildman–Crippen LogP) is 7.91. The summed E-state index contributed by atoms with van der Waals surface area (Å²) in [6.07, 6.45) is 0.0591. The summed E-state index contributed by atoms with van der Waals surface area (Å²) in [4.78, 5) is 38.1. The highest BCUT2D eigenvalue weighted by atomic mass is 35.5. The zero-order valence-corrected chi connectivity index (χ0v) is 30.8. The van der Waals surface area contributed by atoms with Gasteiger partial charge in [-0.15, -0.1) is 0 Å². The van der Waals surface area contributed by atoms with Gasteiger partial charge in [0.1, 0.15) is 5.75 Å². The summed E-state index contributed by atoms with van der Waals surface area (Å²) >= 11 is 6.01. The van der Waals surface area contributed by atoms with Crippen LogP contribution in [0.3, 0.4) is 0 Å². The molecule has 2 heterocycles. The van der Waals surface area contributed by atoms with Gasteiger partial charge in [0.05, 0.1) is 6.10 Å². The fourth-order valence-corrected chi connectivity index (χ4v) is 7.91. The number of hydrogen-bond donors (Lipinski definition) is 4. The smallest absolute Gasteiger partial charge is 0.490 e. The van der Waals surface area contributed by atoms with Crippen molar-refractivity contribution >= 4 is 40.2 Å². The number of aliphatic hydroxyl groups excluding tert-OH is 1. The highest BCUT2D eigenvalue weighted by Gasteiger charge is 2.53. The van der Waals surface area contributed by atoms with Gasteiger partial charge in [0.2, 0.25) is 0 Å². The molecule has 1 saturated carbocycles. The van der Waals surface area contributed by atoms with Crippen molar-refractivity contribution in [3.63, 3.8) is 0 Å². The SMILES string of the molecule is NC1CC2CCC(C1)N2C(=O)[C@H](NC(=O)[C@@H](O)c1ccc2cc(OC3CCCC3)ccc2c1)C(F)(F)c1ccc(-c2ccc(Cl)cc2)cc1.O=C(O)C(F)(F)F. The number of hydrogen-bond acceptors (Lipinski definition) is 6. The van der Waals surface area contributed by atoms with Gasteiger partial charge in [-0.2, -0.15) is 22.0 Å². The first kappa shape index (κ1) is 40.9. The molecule has 3 fully saturated rings. The van der Waals surface area contributed by atoms with Gasteiger partial charge in [-0.1, -0.05) is 66.2 Å². The van der Waals surface area contributed by atoms with Crippen molar-refractivity contribution in [2.45, 2.75) is 99.8 Å². The Morgan fingerprint density at radius 1 is 0.804 bits per heavy atom. The molecule has 15 heteroatoms. The Morgan fingerprint density at radius 2 is 1.34 bits per heavy atom. The van der Waals surface area contributed by atoms with Gasteiger partial charge in [-0.05, 0) is 109 Å². The molecule has 4 atom stereocenters. The zero-order valence-electron chi connectivity index (χ0n) is 30.0. The van der Waals surface area contributed by atoms with Crippen LogP contribution in [0, 0.1) is 0 Å². The molecule has 0 spiro atoms. The van der Waals surface area contributed by atoms with E-state index in [4.69, 9.17) is 32.0 Å². The quantitative estimate of drug-likeness (QED) is 0.126. The van der Waals surface area contributed by atoms with Gasteiger partial charge in [-0.25, -0.2) is 4.79 Å². The standard InChI is InChI=1S/C39H40ClF2N3O4.C2HF3O2/c40-29-14-9-24(10-15-29)23-7-12-28(13-8-23)39(41,42)36(38(48)45-31-16-17-32(45)22-30(43)21-31)44-37(47)35(46)27-6-5-26-20-34(18-11-25(26)19-27)49-33-3-1-2-4-33;3-2(4,5)1(6)7/h5-15,18-20,30-33,35-36,46H,1-4,16-17,21-22,43H2,(H,44,47);(H,6,7)/t30?,31?,32?,35-,36-;/m0./s1. The van der Waals surface area contributed by atoms with Gasteiger partial charge >= 0.3 is 18.1 Å². The maximum absolute atomic E-state index is 16.6. The van der Waals surface area contributed by atoms with Crippen molar-refractivity contribution in [3.05, 3.63) is 101 Å². The number of rotatable bonds is 9. The number of piperidine rings is 1. The van der Waals surface area contributed by atoms with E-state index >= 15 is 8.78 Å². The molecule has 0 radical (unpaired) electrons. The van der Waals surface area contributed by atoms with Crippen molar-refractivity contribution in [2.24, 2.45) is 5.73 Å². The number of alkyl halides is 5. The van der Waals surface area contributed by atoms with Crippen LogP contribution >= 0.6 is 11.6 Å². The highest BCUT2D eigenvalue weighted by molar-refractivity contribution is 6.30. The second-order valence-electron chi connectivity index (χ2n) is 14.5. The molecule has 298 valence electrons. The fourth-order valence-electron chi connectivity index (χ4n) is 7.79. The number of aliphatic hydroxyl groups is 1. The van der Waals surface area contributed by atoms with Crippen LogP contribution in [0.2, 0.25) is 5.02 Å². The van der Waals surface area contributed by atoms with E-state index in [-0.39, 0.29) is 29.8 Å². The van der Waals surface area contributed by atoms with E-state index in [9.17, 15) is 27.9 Å². The third-order valence-corrected chi connectivity index (χ3v) is 10.9. The number of ether oxygens (including phenoxy) is 1. The molecule has 0 aromatic heterocycles. The lowest BCUT2D eigenvalue weighted by Crippen LogP contribution is -2.61. The number of fused-ring (bicyclic) bond motifs is 3. The van der Waals surface area contributed by atoms with Gasteiger partial charge in [0.25, 0.3) is 11.8 Å². The topological polar surface area (TPSA) is 142 Å². The maximum Gasteiger partial charge on any atom is 0.490 e. The highest BCUT2D eigenvalue weighted by Crippen LogP contribution is 2.40. The molecule has 2 bridgehead atoms. The predicted molar refractivity (Wildman–Crippen MR) is 199 cm³/mol. The second kappa shape index (κ2) is 16.7. The van der Waals surface area contributed by atoms with Gasteiger partial charge in [-0.3, -0.25) is 9.59 Å². The summed E-state index contributed by atoms with van der Waals surface area (Å²) in [5.41, 5.74) is 7.48. The first-order chi connectivity index (χ1) is 26.5. The van der Waals surface area contributed by atoms with Gasteiger partial charge < -0.3 is 30.9 Å². The van der Waals surface area contributed by atoms with Crippen LogP contribution in [-0.4, -0.2) is 69.3 Å². The van der Waals surface area contributed by atoms with Crippen molar-refractivity contribution in [2.75, 3.05) is 0 Å². The number of aliphatic carboxylic acids is 1. The van der Waals surface area contributed by atoms with E-state index in [0.29, 0.717) is 36.3 Å². The van der Waals surface area contributed by atoms with Crippen LogP contribution in [0.4, 0.5) is 22.0 Å². The lowest BCUT2D eigenvalue weighted by atomic mass is 9.93. The third kappa shape index (κ3) is 9.25. The molecule has 4 aromatic carbocycles. The molecule has 3 aliphatic rings. The van der Waals surface area contributed by atoms with E-state index in [2.05, 4.69) is 5.32 Å². The van der Waals surface area contributed by atoms with Crippen LogP contribution in [-0.2, 0) is 20.3 Å². The molecule has 2 amide bonds. The number of amides is 2. The van der Waals surface area contributed by atoms with E-state index in [1.54, 1.807) is 54.6 Å². The fraction of sp³-hybridized carbons (Fsp3) is 0.390. The minimum atomic E-state index is -5.08. The number of carbonyl (C=O) groups is 3. The average Bonchev–Trinajstić information content (AvgIpc) is 3.78. The van der Waals surface area contributed by atoms with Crippen LogP contribution in [0.5, 0.6) is 5.75 Å². The van der Waals surface area contributed by atoms with Gasteiger partial charge in [0, 0.05) is 28.7 Å². The Hall–Kier alpha value is -4.79. The molecular weight excluding hydrogens is 761 g/mol. The van der Waals surface area contributed by atoms with E-state index in [1.807, 2.05) is 18.2 Å². The number of benzene rings is 4. The Bertz CT molecular complexity index is 2030. The monoisotopic (exact) mass is 801 g/mol. The molecule has 4 aromatic rings. The lowest BCUT2D eigenvalue weighted by molar-refractivity contribution is -0.192. The van der Waals surface area contributed by atoms with Crippen LogP contribution in [0.25, 0.3) is 21.9 Å². The molecule has 9 nitrogen and oxygen atoms in total. The number of carboxylic acids is 1. The minimum Gasteiger partial charge on any atom is -0.490 e. The number of nitrogens with zero attached hydrogens (tertiary/aromatic N) is 1. The summed E-state index contributed by atoms with van der Waals surface area (Å²) in [5.74, 6) is -7.77. The zero-order chi connectivity index (χ0) is 40.4. The molecule has 2 aliphatic heterocycles. The van der Waals surface area contributed by atoms with Crippen LogP contribution in [0.1, 0.15) is 68.6 Å². The Kier molecular flexibility index (Phi) is 12.2. The molecule has 56 heavy (non-hydrogen) atoms. The van der Waals surface area contributed by atoms with Crippen molar-refractivity contribution < 1.29 is 51.3 Å². The summed E-state index contributed by atoms with van der Waals surface area (Å²) in [6, 6.07) is 20.3. The molecular formula is C41H41ClF5N3O6. The number of carboxylic acid groups (broad SMARTS) is 1. The van der Waals surface area contributed by atoms with Crippen molar-refractivity contribution in [3.8, 4) is 16.9 Å². The number of nitrogens with one attached hydrogen (secondary N) is 1. The Balaban J connectivity index is 0.000000695. The largest absolute Gasteiger partial charge is 0.490 e. The number of halogens is 6. The number of carbonyl (C=O) groups excluding carboxylic acids is 2. The molecule has 1 aliphatic carbocycles. The van der Waals surface area contributed by atoms with E-state index < -0.39 is 47.6 Å². The Labute approximate surface area is 324 Å². The average molecular weight is 802 g/mol. The van der Waals surface area contributed by atoms with E-state index in [0.717, 1.165) is 47.8 Å². The normalized spacial score (nSPS) is 20.9. The molecule has 2 unspecified atom stereocenters. The Morgan fingerprint density at radius 3 is 1.91 bits per heavy atom. The van der Waals surface area contributed by atoms with Crippen molar-refractivity contribution in [1.82, 2.24) is 10.2 Å². The second-order valence-corrected chi connectivity index (χ2v) is 14.9. The minimum absolute atomic E-state index is 0.115. The molecule has 2 saturated heterocycles. The summed E-state index contributed by atoms with van der Waals surface area (Å²) in [7, 11) is 0. The first-order valence-corrected chi connectivity index (χ1v) is 18.7. The molecule has 5 N–H and O–H groups in total. The van der Waals surface area contributed by atoms with Crippen LogP contribution < -0.4 is 15.8 Å². The maximum atomic E-state index is 16.6. The summed E-state index contributed by atoms with van der Waals surface area (Å²) in [6.45, 7) is 0. The van der Waals surface area contributed by atoms with E-state index in [1.165, 1.54) is 17.0 Å². The summed E-state index contributed by atoms with van der Waals surface area (Å²) in [5, 5.41) is 22.7. The first-order valence-electron chi connectivity index (χ1n) is 18.3. The van der Waals surface area contributed by atoms with Gasteiger partial charge in [0.15, 0.2) is 12.1 Å². The number of nitrogens with two attached hydrogens (primary N) is 1. The summed E-state index contributed by atoms with van der Waals surface area (Å²) < 4.78 is 71.0. The molecule has 7 rings (SSSR count). The van der Waals surface area contributed by atoms with Crippen LogP contribution in [0.15, 0.2) is 84.9 Å². The third-order valence-electron chi connectivity index (χ3n) is 10.6. The lowest BCUT2D eigenvalue weighted by Gasteiger charge is -2.41. The van der Waals surface area contributed by atoms with Crippen molar-refractivity contribution in [1.29, 1.82) is 0 Å².